The third kappa shape index (κ3) is 5.21. The van der Waals surface area contributed by atoms with Crippen LogP contribution in [0.2, 0.25) is 0 Å². The maximum atomic E-state index is 13.3. The number of likely N-dealkylation sites (tertiary alicyclic amines) is 1. The Morgan fingerprint density at radius 2 is 1.64 bits per heavy atom. The van der Waals surface area contributed by atoms with Gasteiger partial charge in [-0.05, 0) is 42.7 Å². The van der Waals surface area contributed by atoms with Gasteiger partial charge in [-0.25, -0.2) is 0 Å². The molecule has 2 amide bonds. The van der Waals surface area contributed by atoms with E-state index in [9.17, 15) is 35.9 Å². The molecule has 0 saturated carbocycles. The highest BCUT2D eigenvalue weighted by Gasteiger charge is 2.49. The van der Waals surface area contributed by atoms with Gasteiger partial charge in [0.05, 0.1) is 29.4 Å². The first-order valence-electron chi connectivity index (χ1n) is 11.4. The molecule has 0 bridgehead atoms. The largest absolute Gasteiger partial charge is 0.416 e. The number of rotatable bonds is 6. The summed E-state index contributed by atoms with van der Waals surface area (Å²) in [5.41, 5.74) is -3.62. The molecule has 0 aromatic heterocycles. The molecule has 2 aliphatic heterocycles. The summed E-state index contributed by atoms with van der Waals surface area (Å²) in [5.74, 6) is -0.527. The van der Waals surface area contributed by atoms with E-state index in [2.05, 4.69) is 5.32 Å². The van der Waals surface area contributed by atoms with E-state index in [1.165, 1.54) is 11.8 Å². The first kappa shape index (κ1) is 26.0. The second kappa shape index (κ2) is 9.42. The van der Waals surface area contributed by atoms with Crippen molar-refractivity contribution in [3.8, 4) is 0 Å². The molecule has 2 aromatic rings. The second-order valence-electron chi connectivity index (χ2n) is 9.14. The lowest BCUT2D eigenvalue weighted by molar-refractivity contribution is -0.143. The van der Waals surface area contributed by atoms with Crippen molar-refractivity contribution in [2.75, 3.05) is 13.2 Å². The molecular weight excluding hydrogens is 490 g/mol. The van der Waals surface area contributed by atoms with Crippen LogP contribution in [0.1, 0.15) is 54.5 Å². The molecule has 36 heavy (non-hydrogen) atoms. The minimum absolute atomic E-state index is 0.0660. The van der Waals surface area contributed by atoms with E-state index in [4.69, 9.17) is 4.74 Å². The third-order valence-corrected chi connectivity index (χ3v) is 6.68. The summed E-state index contributed by atoms with van der Waals surface area (Å²) in [6.07, 6.45) is -9.98. The highest BCUT2D eigenvalue weighted by atomic mass is 19.4. The Labute approximate surface area is 203 Å². The van der Waals surface area contributed by atoms with Gasteiger partial charge in [0, 0.05) is 19.4 Å². The zero-order chi connectivity index (χ0) is 26.3. The molecule has 0 aliphatic carbocycles. The van der Waals surface area contributed by atoms with Gasteiger partial charge in [-0.2, -0.15) is 26.3 Å². The number of nitrogens with zero attached hydrogens (tertiary/aromatic N) is 1. The zero-order valence-corrected chi connectivity index (χ0v) is 19.2. The predicted octanol–water partition coefficient (Wildman–Crippen LogP) is 5.21. The smallest absolute Gasteiger partial charge is 0.371 e. The van der Waals surface area contributed by atoms with Gasteiger partial charge in [-0.1, -0.05) is 30.3 Å². The van der Waals surface area contributed by atoms with E-state index in [0.717, 1.165) is 0 Å². The van der Waals surface area contributed by atoms with Crippen molar-refractivity contribution in [3.63, 3.8) is 0 Å². The third-order valence-electron chi connectivity index (χ3n) is 6.68. The van der Waals surface area contributed by atoms with Crippen molar-refractivity contribution >= 4 is 11.8 Å². The number of amides is 2. The van der Waals surface area contributed by atoms with E-state index in [1.54, 1.807) is 30.3 Å². The van der Waals surface area contributed by atoms with Gasteiger partial charge in [0.2, 0.25) is 11.8 Å². The average Bonchev–Trinajstić information content (AvgIpc) is 3.39. The van der Waals surface area contributed by atoms with Crippen LogP contribution in [0.5, 0.6) is 0 Å². The van der Waals surface area contributed by atoms with E-state index >= 15 is 0 Å². The topological polar surface area (TPSA) is 58.6 Å². The number of hydrogen-bond donors (Lipinski definition) is 1. The molecule has 0 unspecified atom stereocenters. The highest BCUT2D eigenvalue weighted by Crippen LogP contribution is 2.40. The molecule has 11 heteroatoms. The molecule has 2 saturated heterocycles. The lowest BCUT2D eigenvalue weighted by atomic mass is 9.87. The van der Waals surface area contributed by atoms with Gasteiger partial charge in [-0.3, -0.25) is 9.59 Å². The Kier molecular flexibility index (Phi) is 6.80. The monoisotopic (exact) mass is 514 g/mol. The molecule has 2 heterocycles. The first-order chi connectivity index (χ1) is 16.8. The molecule has 2 fully saturated rings. The van der Waals surface area contributed by atoms with Crippen LogP contribution < -0.4 is 5.32 Å². The summed E-state index contributed by atoms with van der Waals surface area (Å²) in [4.78, 5) is 26.7. The van der Waals surface area contributed by atoms with Crippen LogP contribution in [0.15, 0.2) is 48.5 Å². The normalized spacial score (nSPS) is 23.8. The van der Waals surface area contributed by atoms with Gasteiger partial charge in [0.25, 0.3) is 0 Å². The molecular formula is C25H24F6N2O3. The Hall–Kier alpha value is -3.08. The Morgan fingerprint density at radius 1 is 1.03 bits per heavy atom. The van der Waals surface area contributed by atoms with Crippen molar-refractivity contribution in [3.05, 3.63) is 70.8 Å². The van der Waals surface area contributed by atoms with Crippen LogP contribution in [-0.4, -0.2) is 35.9 Å². The van der Waals surface area contributed by atoms with Gasteiger partial charge >= 0.3 is 12.4 Å². The van der Waals surface area contributed by atoms with Crippen molar-refractivity contribution in [1.82, 2.24) is 10.2 Å². The van der Waals surface area contributed by atoms with Crippen LogP contribution >= 0.6 is 0 Å². The number of nitrogens with one attached hydrogen (secondary N) is 1. The molecule has 2 aromatic carbocycles. The summed E-state index contributed by atoms with van der Waals surface area (Å²) in [7, 11) is 0. The van der Waals surface area contributed by atoms with Crippen LogP contribution in [0.25, 0.3) is 0 Å². The van der Waals surface area contributed by atoms with Crippen molar-refractivity contribution < 1.29 is 40.7 Å². The van der Waals surface area contributed by atoms with E-state index in [0.29, 0.717) is 37.1 Å². The molecule has 5 nitrogen and oxygen atoms in total. The van der Waals surface area contributed by atoms with E-state index in [-0.39, 0.29) is 36.5 Å². The maximum Gasteiger partial charge on any atom is 0.416 e. The van der Waals surface area contributed by atoms with E-state index < -0.39 is 41.2 Å². The summed E-state index contributed by atoms with van der Waals surface area (Å²) < 4.78 is 85.6. The number of alkyl halides is 6. The maximum absolute atomic E-state index is 13.3. The van der Waals surface area contributed by atoms with Crippen LogP contribution in [0.3, 0.4) is 0 Å². The molecule has 0 radical (unpaired) electrons. The number of carbonyl (C=O) groups is 2. The minimum atomic E-state index is -4.98. The van der Waals surface area contributed by atoms with Crippen molar-refractivity contribution in [1.29, 1.82) is 0 Å². The summed E-state index contributed by atoms with van der Waals surface area (Å²) in [6, 6.07) is 9.32. The molecule has 0 spiro atoms. The average molecular weight is 514 g/mol. The zero-order valence-electron chi connectivity index (χ0n) is 19.2. The SMILES string of the molecule is C[C@@H](OC[C@@]1(c2ccccc2)C[C@@H](N2CCCC2=O)C(=O)N1)c1cc(C(F)(F)F)cc(C(F)(F)F)c1. The molecule has 1 N–H and O–H groups in total. The fourth-order valence-electron chi connectivity index (χ4n) is 4.75. The fourth-order valence-corrected chi connectivity index (χ4v) is 4.75. The van der Waals surface area contributed by atoms with Crippen LogP contribution in [-0.2, 0) is 32.2 Å². The molecule has 194 valence electrons. The van der Waals surface area contributed by atoms with Gasteiger partial charge in [-0.15, -0.1) is 0 Å². The Morgan fingerprint density at radius 3 is 2.17 bits per heavy atom. The number of halogens is 6. The van der Waals surface area contributed by atoms with Crippen molar-refractivity contribution in [2.24, 2.45) is 0 Å². The lowest BCUT2D eigenvalue weighted by Crippen LogP contribution is -2.43. The minimum Gasteiger partial charge on any atom is -0.371 e. The Balaban J connectivity index is 1.62. The second-order valence-corrected chi connectivity index (χ2v) is 9.14. The van der Waals surface area contributed by atoms with Crippen LogP contribution in [0, 0.1) is 0 Å². The number of ether oxygens (including phenoxy) is 1. The van der Waals surface area contributed by atoms with E-state index in [1.807, 2.05) is 0 Å². The van der Waals surface area contributed by atoms with Crippen molar-refractivity contribution in [2.45, 2.75) is 56.2 Å². The molecule has 2 aliphatic rings. The summed E-state index contributed by atoms with van der Waals surface area (Å²) in [6.45, 7) is 1.57. The van der Waals surface area contributed by atoms with Gasteiger partial charge < -0.3 is 15.0 Å². The number of carbonyl (C=O) groups excluding carboxylic acids is 2. The van der Waals surface area contributed by atoms with Crippen LogP contribution in [0.4, 0.5) is 26.3 Å². The highest BCUT2D eigenvalue weighted by molar-refractivity contribution is 5.91. The quantitative estimate of drug-likeness (QED) is 0.539. The predicted molar refractivity (Wildman–Crippen MR) is 116 cm³/mol. The number of benzene rings is 2. The standard InChI is InChI=1S/C25H24F6N2O3/c1-15(16-10-18(24(26,27)28)12-19(11-16)25(29,30)31)36-14-23(17-6-3-2-4-7-17)13-20(22(35)32-23)33-9-5-8-21(33)34/h2-4,6-7,10-12,15,20H,5,8-9,13-14H2,1H3,(H,32,35)/t15-,20-,23-/m1/s1. The summed E-state index contributed by atoms with van der Waals surface area (Å²) >= 11 is 0. The molecule has 4 rings (SSSR count). The number of hydrogen-bond acceptors (Lipinski definition) is 3. The van der Waals surface area contributed by atoms with Gasteiger partial charge in [0.15, 0.2) is 0 Å². The fraction of sp³-hybridized carbons (Fsp3) is 0.440. The Bertz CT molecular complexity index is 1100. The van der Waals surface area contributed by atoms with Gasteiger partial charge in [0.1, 0.15) is 6.04 Å². The first-order valence-corrected chi connectivity index (χ1v) is 11.4. The molecule has 3 atom stereocenters. The summed E-state index contributed by atoms with van der Waals surface area (Å²) in [5, 5.41) is 2.89. The lowest BCUT2D eigenvalue weighted by Gasteiger charge is -2.32.